The highest BCUT2D eigenvalue weighted by molar-refractivity contribution is 7.88. The van der Waals surface area contributed by atoms with Gasteiger partial charge in [0.2, 0.25) is 15.9 Å². The second-order valence-electron chi connectivity index (χ2n) is 5.97. The Kier molecular flexibility index (Phi) is 5.40. The first kappa shape index (κ1) is 15.7. The number of hydrogen-bond acceptors (Lipinski definition) is 4. The van der Waals surface area contributed by atoms with Crippen molar-refractivity contribution in [1.29, 1.82) is 0 Å². The molecule has 2 aliphatic heterocycles. The number of carbonyl (C=O) groups is 1. The Morgan fingerprint density at radius 2 is 2.00 bits per heavy atom. The van der Waals surface area contributed by atoms with Gasteiger partial charge in [-0.15, -0.1) is 0 Å². The molecule has 20 heavy (non-hydrogen) atoms. The van der Waals surface area contributed by atoms with Gasteiger partial charge in [-0.1, -0.05) is 0 Å². The summed E-state index contributed by atoms with van der Waals surface area (Å²) in [5, 5.41) is 3.30. The fourth-order valence-electron chi connectivity index (χ4n) is 3.06. The van der Waals surface area contributed by atoms with Crippen LogP contribution in [0.3, 0.4) is 0 Å². The summed E-state index contributed by atoms with van der Waals surface area (Å²) < 4.78 is 25.2. The van der Waals surface area contributed by atoms with E-state index in [0.717, 1.165) is 45.3 Å². The van der Waals surface area contributed by atoms with Gasteiger partial charge in [0, 0.05) is 25.6 Å². The van der Waals surface area contributed by atoms with Crippen LogP contribution in [-0.2, 0) is 14.8 Å². The molecule has 116 valence electrons. The second kappa shape index (κ2) is 6.87. The van der Waals surface area contributed by atoms with Crippen molar-refractivity contribution in [1.82, 2.24) is 14.9 Å². The molecule has 0 saturated carbocycles. The van der Waals surface area contributed by atoms with Gasteiger partial charge in [-0.05, 0) is 44.7 Å². The number of carbonyl (C=O) groups excluding carboxylic acids is 1. The molecule has 0 aliphatic carbocycles. The van der Waals surface area contributed by atoms with Gasteiger partial charge in [0.25, 0.3) is 0 Å². The van der Waals surface area contributed by atoms with Crippen molar-refractivity contribution in [2.75, 3.05) is 32.4 Å². The molecular formula is C13H25N3O3S. The molecule has 0 radical (unpaired) electrons. The van der Waals surface area contributed by atoms with E-state index in [2.05, 4.69) is 10.0 Å². The Hall–Kier alpha value is -0.660. The van der Waals surface area contributed by atoms with E-state index in [4.69, 9.17) is 0 Å². The molecule has 2 N–H and O–H groups in total. The van der Waals surface area contributed by atoms with Gasteiger partial charge in [0.15, 0.2) is 0 Å². The molecule has 6 nitrogen and oxygen atoms in total. The lowest BCUT2D eigenvalue weighted by Gasteiger charge is -2.34. The van der Waals surface area contributed by atoms with Crippen LogP contribution in [0.2, 0.25) is 0 Å². The van der Waals surface area contributed by atoms with Gasteiger partial charge < -0.3 is 10.2 Å². The van der Waals surface area contributed by atoms with Crippen molar-refractivity contribution >= 4 is 15.9 Å². The lowest BCUT2D eigenvalue weighted by molar-refractivity contribution is -0.133. The largest absolute Gasteiger partial charge is 0.341 e. The Bertz CT molecular complexity index is 432. The maximum absolute atomic E-state index is 12.3. The highest BCUT2D eigenvalue weighted by atomic mass is 32.2. The molecule has 2 rings (SSSR count). The van der Waals surface area contributed by atoms with Gasteiger partial charge in [-0.2, -0.15) is 0 Å². The van der Waals surface area contributed by atoms with Crippen LogP contribution in [0.5, 0.6) is 0 Å². The summed E-state index contributed by atoms with van der Waals surface area (Å²) in [7, 11) is -3.20. The van der Waals surface area contributed by atoms with Crippen LogP contribution in [0.1, 0.15) is 32.1 Å². The summed E-state index contributed by atoms with van der Waals surface area (Å²) in [5.41, 5.74) is 0. The molecule has 1 unspecified atom stereocenters. The molecule has 0 bridgehead atoms. The van der Waals surface area contributed by atoms with E-state index in [-0.39, 0.29) is 11.9 Å². The Morgan fingerprint density at radius 3 is 2.65 bits per heavy atom. The molecule has 2 heterocycles. The minimum absolute atomic E-state index is 0.129. The monoisotopic (exact) mass is 303 g/mol. The Balaban J connectivity index is 1.83. The lowest BCUT2D eigenvalue weighted by atomic mass is 9.93. The third-order valence-corrected chi connectivity index (χ3v) is 4.84. The van der Waals surface area contributed by atoms with E-state index >= 15 is 0 Å². The maximum atomic E-state index is 12.3. The molecule has 1 atom stereocenters. The second-order valence-corrected chi connectivity index (χ2v) is 7.75. The van der Waals surface area contributed by atoms with Gasteiger partial charge in [0.1, 0.15) is 0 Å². The average Bonchev–Trinajstić information content (AvgIpc) is 2.38. The zero-order chi connectivity index (χ0) is 14.6. The van der Waals surface area contributed by atoms with Crippen LogP contribution in [-0.4, -0.2) is 57.7 Å². The van der Waals surface area contributed by atoms with E-state index in [1.54, 1.807) is 0 Å². The fourth-order valence-corrected chi connectivity index (χ4v) is 3.86. The number of sulfonamides is 1. The zero-order valence-electron chi connectivity index (χ0n) is 12.1. The molecular weight excluding hydrogens is 278 g/mol. The summed E-state index contributed by atoms with van der Waals surface area (Å²) in [5.74, 6) is 0.656. The number of nitrogens with zero attached hydrogens (tertiary/aromatic N) is 1. The predicted molar refractivity (Wildman–Crippen MR) is 77.8 cm³/mol. The highest BCUT2D eigenvalue weighted by Gasteiger charge is 2.27. The minimum atomic E-state index is -3.20. The van der Waals surface area contributed by atoms with Gasteiger partial charge in [-0.3, -0.25) is 4.79 Å². The third kappa shape index (κ3) is 5.03. The summed E-state index contributed by atoms with van der Waals surface area (Å²) in [6, 6.07) is -0.129. The van der Waals surface area contributed by atoms with Crippen molar-refractivity contribution in [3.05, 3.63) is 0 Å². The van der Waals surface area contributed by atoms with Crippen LogP contribution in [0, 0.1) is 5.92 Å². The van der Waals surface area contributed by atoms with Gasteiger partial charge in [-0.25, -0.2) is 13.1 Å². The van der Waals surface area contributed by atoms with Crippen molar-refractivity contribution in [3.63, 3.8) is 0 Å². The van der Waals surface area contributed by atoms with Crippen LogP contribution < -0.4 is 10.0 Å². The summed E-state index contributed by atoms with van der Waals surface area (Å²) in [6.45, 7) is 3.26. The summed E-state index contributed by atoms with van der Waals surface area (Å²) in [4.78, 5) is 14.1. The number of amides is 1. The molecule has 2 fully saturated rings. The number of piperidine rings is 2. The summed E-state index contributed by atoms with van der Waals surface area (Å²) in [6.07, 6.45) is 5.57. The number of hydrogen-bond donors (Lipinski definition) is 2. The highest BCUT2D eigenvalue weighted by Crippen LogP contribution is 2.19. The standard InChI is InChI=1S/C13H25N3O3S/c1-20(18,19)15-12-3-2-8-16(10-12)13(17)9-11-4-6-14-7-5-11/h11-12,14-15H,2-10H2,1H3. The molecule has 1 amide bonds. The van der Waals surface area contributed by atoms with Crippen LogP contribution >= 0.6 is 0 Å². The number of nitrogens with one attached hydrogen (secondary N) is 2. The molecule has 0 aromatic heterocycles. The lowest BCUT2D eigenvalue weighted by Crippen LogP contribution is -2.49. The topological polar surface area (TPSA) is 78.5 Å². The van der Waals surface area contributed by atoms with Gasteiger partial charge in [0.05, 0.1) is 6.26 Å². The molecule has 7 heteroatoms. The molecule has 0 aromatic carbocycles. The van der Waals surface area contributed by atoms with Crippen molar-refractivity contribution in [3.8, 4) is 0 Å². The first-order valence-corrected chi connectivity index (χ1v) is 9.29. The van der Waals surface area contributed by atoms with E-state index in [9.17, 15) is 13.2 Å². The van der Waals surface area contributed by atoms with E-state index in [0.29, 0.717) is 18.9 Å². The van der Waals surface area contributed by atoms with E-state index in [1.165, 1.54) is 6.26 Å². The average molecular weight is 303 g/mol. The molecule has 0 spiro atoms. The molecule has 2 saturated heterocycles. The Morgan fingerprint density at radius 1 is 1.30 bits per heavy atom. The fraction of sp³-hybridized carbons (Fsp3) is 0.923. The van der Waals surface area contributed by atoms with E-state index in [1.807, 2.05) is 4.90 Å². The van der Waals surface area contributed by atoms with Crippen molar-refractivity contribution in [2.45, 2.75) is 38.1 Å². The predicted octanol–water partition coefficient (Wildman–Crippen LogP) is -0.0837. The van der Waals surface area contributed by atoms with E-state index < -0.39 is 10.0 Å². The molecule has 0 aromatic rings. The van der Waals surface area contributed by atoms with Crippen LogP contribution in [0.25, 0.3) is 0 Å². The maximum Gasteiger partial charge on any atom is 0.222 e. The third-order valence-electron chi connectivity index (χ3n) is 4.08. The normalized spacial score (nSPS) is 25.6. The Labute approximate surface area is 121 Å². The van der Waals surface area contributed by atoms with Crippen LogP contribution in [0.15, 0.2) is 0 Å². The number of rotatable bonds is 4. The number of likely N-dealkylation sites (tertiary alicyclic amines) is 1. The van der Waals surface area contributed by atoms with Crippen LogP contribution in [0.4, 0.5) is 0 Å². The first-order valence-electron chi connectivity index (χ1n) is 7.40. The first-order chi connectivity index (χ1) is 9.44. The van der Waals surface area contributed by atoms with Crippen molar-refractivity contribution < 1.29 is 13.2 Å². The summed E-state index contributed by atoms with van der Waals surface area (Å²) >= 11 is 0. The molecule has 2 aliphatic rings. The SMILES string of the molecule is CS(=O)(=O)NC1CCCN(C(=O)CC2CCNCC2)C1. The smallest absolute Gasteiger partial charge is 0.222 e. The van der Waals surface area contributed by atoms with Gasteiger partial charge >= 0.3 is 0 Å². The zero-order valence-corrected chi connectivity index (χ0v) is 12.9. The van der Waals surface area contributed by atoms with Crippen molar-refractivity contribution in [2.24, 2.45) is 5.92 Å². The quantitative estimate of drug-likeness (QED) is 0.761. The minimum Gasteiger partial charge on any atom is -0.341 e.